The van der Waals surface area contributed by atoms with Gasteiger partial charge in [0.15, 0.2) is 0 Å². The molecule has 1 aliphatic carbocycles. The number of likely N-dealkylation sites (tertiary alicyclic amines) is 1. The Balaban J connectivity index is 1.46. The Kier molecular flexibility index (Phi) is 4.39. The molecule has 1 saturated heterocycles. The fourth-order valence-corrected chi connectivity index (χ4v) is 4.65. The lowest BCUT2D eigenvalue weighted by Gasteiger charge is -2.32. The zero-order valence-electron chi connectivity index (χ0n) is 14.0. The molecule has 0 radical (unpaired) electrons. The maximum Gasteiger partial charge on any atom is 0.257 e. The van der Waals surface area contributed by atoms with Gasteiger partial charge in [-0.2, -0.15) is 0 Å². The third-order valence-electron chi connectivity index (χ3n) is 5.18. The first-order valence-electron chi connectivity index (χ1n) is 8.89. The molecule has 24 heavy (non-hydrogen) atoms. The van der Waals surface area contributed by atoms with Crippen LogP contribution in [0.5, 0.6) is 0 Å². The predicted molar refractivity (Wildman–Crippen MR) is 92.9 cm³/mol. The molecule has 1 saturated carbocycles. The summed E-state index contributed by atoms with van der Waals surface area (Å²) in [5, 5.41) is 8.48. The van der Waals surface area contributed by atoms with E-state index in [2.05, 4.69) is 23.2 Å². The molecule has 3 heterocycles. The third kappa shape index (κ3) is 3.11. The number of aryl methyl sites for hydroxylation is 1. The van der Waals surface area contributed by atoms with Crippen LogP contribution in [0.3, 0.4) is 0 Å². The second kappa shape index (κ2) is 6.67. The molecule has 1 unspecified atom stereocenters. The average Bonchev–Trinajstić information content (AvgIpc) is 3.35. The molecule has 4 rings (SSSR count). The SMILES string of the molecule is Cc1ccc(-c2nnc(C3CCCN(C(=O)C4CCCC4)C3)o2)s1. The van der Waals surface area contributed by atoms with Crippen LogP contribution >= 0.6 is 11.3 Å². The van der Waals surface area contributed by atoms with Crippen molar-refractivity contribution in [3.05, 3.63) is 22.9 Å². The summed E-state index contributed by atoms with van der Waals surface area (Å²) in [6.07, 6.45) is 6.53. The average molecular weight is 345 g/mol. The van der Waals surface area contributed by atoms with Gasteiger partial charge in [-0.3, -0.25) is 4.79 Å². The second-order valence-electron chi connectivity index (χ2n) is 6.96. The maximum absolute atomic E-state index is 12.7. The second-order valence-corrected chi connectivity index (χ2v) is 8.25. The van der Waals surface area contributed by atoms with E-state index in [1.165, 1.54) is 17.7 Å². The van der Waals surface area contributed by atoms with E-state index < -0.39 is 0 Å². The lowest BCUT2D eigenvalue weighted by atomic mass is 9.96. The Hall–Kier alpha value is -1.69. The Morgan fingerprint density at radius 1 is 1.21 bits per heavy atom. The smallest absolute Gasteiger partial charge is 0.257 e. The van der Waals surface area contributed by atoms with Crippen LogP contribution in [0, 0.1) is 12.8 Å². The molecule has 5 nitrogen and oxygen atoms in total. The van der Waals surface area contributed by atoms with Gasteiger partial charge in [0.25, 0.3) is 5.89 Å². The number of nitrogens with zero attached hydrogens (tertiary/aromatic N) is 3. The zero-order chi connectivity index (χ0) is 16.5. The molecule has 2 aromatic heterocycles. The molecule has 1 atom stereocenters. The van der Waals surface area contributed by atoms with Gasteiger partial charge >= 0.3 is 0 Å². The van der Waals surface area contributed by atoms with Gasteiger partial charge in [0, 0.05) is 23.9 Å². The van der Waals surface area contributed by atoms with Crippen molar-refractivity contribution in [2.24, 2.45) is 5.92 Å². The molecule has 2 fully saturated rings. The molecule has 0 N–H and O–H groups in total. The lowest BCUT2D eigenvalue weighted by Crippen LogP contribution is -2.41. The summed E-state index contributed by atoms with van der Waals surface area (Å²) in [6, 6.07) is 4.08. The summed E-state index contributed by atoms with van der Waals surface area (Å²) in [5.41, 5.74) is 0. The summed E-state index contributed by atoms with van der Waals surface area (Å²) in [5.74, 6) is 2.04. The molecular formula is C18H23N3O2S. The van der Waals surface area contributed by atoms with Crippen molar-refractivity contribution in [3.63, 3.8) is 0 Å². The molecule has 2 aliphatic rings. The number of hydrogen-bond donors (Lipinski definition) is 0. The quantitative estimate of drug-likeness (QED) is 0.843. The first kappa shape index (κ1) is 15.8. The van der Waals surface area contributed by atoms with Crippen LogP contribution in [-0.4, -0.2) is 34.1 Å². The summed E-state index contributed by atoms with van der Waals surface area (Å²) >= 11 is 1.66. The van der Waals surface area contributed by atoms with E-state index in [1.807, 2.05) is 11.0 Å². The van der Waals surface area contributed by atoms with Gasteiger partial charge in [0.05, 0.1) is 10.8 Å². The van der Waals surface area contributed by atoms with Crippen molar-refractivity contribution >= 4 is 17.2 Å². The van der Waals surface area contributed by atoms with Crippen LogP contribution in [0.2, 0.25) is 0 Å². The summed E-state index contributed by atoms with van der Waals surface area (Å²) in [4.78, 5) is 16.9. The molecule has 1 aliphatic heterocycles. The van der Waals surface area contributed by atoms with Crippen LogP contribution < -0.4 is 0 Å². The summed E-state index contributed by atoms with van der Waals surface area (Å²) < 4.78 is 5.93. The van der Waals surface area contributed by atoms with Gasteiger partial charge in [-0.1, -0.05) is 12.8 Å². The van der Waals surface area contributed by atoms with Crippen molar-refractivity contribution in [1.82, 2.24) is 15.1 Å². The number of rotatable bonds is 3. The molecule has 0 bridgehead atoms. The number of thiophene rings is 1. The van der Waals surface area contributed by atoms with Gasteiger partial charge in [-0.25, -0.2) is 0 Å². The fraction of sp³-hybridized carbons (Fsp3) is 0.611. The van der Waals surface area contributed by atoms with Crippen LogP contribution in [-0.2, 0) is 4.79 Å². The first-order valence-corrected chi connectivity index (χ1v) is 9.71. The number of piperidine rings is 1. The van der Waals surface area contributed by atoms with E-state index in [4.69, 9.17) is 4.42 Å². The molecule has 1 amide bonds. The summed E-state index contributed by atoms with van der Waals surface area (Å²) in [7, 11) is 0. The maximum atomic E-state index is 12.7. The lowest BCUT2D eigenvalue weighted by molar-refractivity contribution is -0.136. The van der Waals surface area contributed by atoms with Crippen LogP contribution in [0.1, 0.15) is 55.2 Å². The normalized spacial score (nSPS) is 22.2. The van der Waals surface area contributed by atoms with E-state index in [1.54, 1.807) is 11.3 Å². The number of hydrogen-bond acceptors (Lipinski definition) is 5. The molecule has 6 heteroatoms. The van der Waals surface area contributed by atoms with Gasteiger partial charge in [0.1, 0.15) is 0 Å². The molecule has 0 spiro atoms. The minimum atomic E-state index is 0.173. The Morgan fingerprint density at radius 2 is 2.04 bits per heavy atom. The van der Waals surface area contributed by atoms with E-state index >= 15 is 0 Å². The van der Waals surface area contributed by atoms with Crippen molar-refractivity contribution < 1.29 is 9.21 Å². The number of carbonyl (C=O) groups is 1. The van der Waals surface area contributed by atoms with Crippen LogP contribution in [0.25, 0.3) is 10.8 Å². The Labute approximate surface area is 146 Å². The largest absolute Gasteiger partial charge is 0.420 e. The van der Waals surface area contributed by atoms with Gasteiger partial charge in [-0.05, 0) is 44.7 Å². The van der Waals surface area contributed by atoms with E-state index in [0.29, 0.717) is 17.7 Å². The Bertz CT molecular complexity index is 717. The molecule has 2 aromatic rings. The predicted octanol–water partition coefficient (Wildman–Crippen LogP) is 4.00. The highest BCUT2D eigenvalue weighted by Gasteiger charge is 2.33. The zero-order valence-corrected chi connectivity index (χ0v) is 14.8. The molecule has 0 aromatic carbocycles. The highest BCUT2D eigenvalue weighted by molar-refractivity contribution is 7.15. The van der Waals surface area contributed by atoms with Crippen molar-refractivity contribution in [2.75, 3.05) is 13.1 Å². The minimum absolute atomic E-state index is 0.173. The first-order chi connectivity index (χ1) is 11.7. The fourth-order valence-electron chi connectivity index (χ4n) is 3.86. The number of aromatic nitrogens is 2. The highest BCUT2D eigenvalue weighted by atomic mass is 32.1. The standard InChI is InChI=1S/C18H23N3O2S/c1-12-8-9-15(24-12)17-20-19-16(23-17)14-7-4-10-21(11-14)18(22)13-5-2-3-6-13/h8-9,13-14H,2-7,10-11H2,1H3. The number of carbonyl (C=O) groups excluding carboxylic acids is 1. The van der Waals surface area contributed by atoms with Crippen molar-refractivity contribution in [2.45, 2.75) is 51.4 Å². The summed E-state index contributed by atoms with van der Waals surface area (Å²) in [6.45, 7) is 3.66. The van der Waals surface area contributed by atoms with Crippen molar-refractivity contribution in [1.29, 1.82) is 0 Å². The topological polar surface area (TPSA) is 59.2 Å². The van der Waals surface area contributed by atoms with Gasteiger partial charge in [-0.15, -0.1) is 21.5 Å². The van der Waals surface area contributed by atoms with E-state index in [9.17, 15) is 4.79 Å². The van der Waals surface area contributed by atoms with Gasteiger partial charge < -0.3 is 9.32 Å². The third-order valence-corrected chi connectivity index (χ3v) is 6.17. The molecular weight excluding hydrogens is 322 g/mol. The van der Waals surface area contributed by atoms with Crippen LogP contribution in [0.15, 0.2) is 16.5 Å². The van der Waals surface area contributed by atoms with E-state index in [-0.39, 0.29) is 11.8 Å². The highest BCUT2D eigenvalue weighted by Crippen LogP contribution is 2.33. The number of amides is 1. The minimum Gasteiger partial charge on any atom is -0.420 e. The van der Waals surface area contributed by atoms with Crippen LogP contribution in [0.4, 0.5) is 0 Å². The van der Waals surface area contributed by atoms with Crippen molar-refractivity contribution in [3.8, 4) is 10.8 Å². The monoisotopic (exact) mass is 345 g/mol. The van der Waals surface area contributed by atoms with Gasteiger partial charge in [0.2, 0.25) is 11.8 Å². The molecule has 128 valence electrons. The van der Waals surface area contributed by atoms with E-state index in [0.717, 1.165) is 43.6 Å². The Morgan fingerprint density at radius 3 is 2.79 bits per heavy atom.